The maximum Gasteiger partial charge on any atom is 0.410 e. The average Bonchev–Trinajstić information content (AvgIpc) is 3.45. The molecule has 0 N–H and O–H groups in total. The van der Waals surface area contributed by atoms with Crippen LogP contribution in [0.15, 0.2) is 22.8 Å². The number of amides is 1. The first-order valence-corrected chi connectivity index (χ1v) is 13.0. The summed E-state index contributed by atoms with van der Waals surface area (Å²) in [6.45, 7) is 7.33. The lowest BCUT2D eigenvalue weighted by Gasteiger charge is -2.43. The highest BCUT2D eigenvalue weighted by molar-refractivity contribution is 9.10. The Morgan fingerprint density at radius 2 is 2.03 bits per heavy atom. The van der Waals surface area contributed by atoms with Crippen molar-refractivity contribution in [2.75, 3.05) is 13.2 Å². The van der Waals surface area contributed by atoms with Crippen molar-refractivity contribution in [3.63, 3.8) is 0 Å². The van der Waals surface area contributed by atoms with E-state index in [1.807, 2.05) is 42.6 Å². The molecule has 1 amide bonds. The molecule has 3 aliphatic rings. The zero-order valence-corrected chi connectivity index (χ0v) is 21.3. The molecule has 1 aliphatic heterocycles. The van der Waals surface area contributed by atoms with Crippen LogP contribution in [0.5, 0.6) is 5.75 Å². The number of nitrogens with zero attached hydrogens (tertiary/aromatic N) is 3. The van der Waals surface area contributed by atoms with Gasteiger partial charge in [-0.2, -0.15) is 5.10 Å². The van der Waals surface area contributed by atoms with Crippen LogP contribution in [-0.2, 0) is 9.47 Å². The fourth-order valence-electron chi connectivity index (χ4n) is 4.66. The van der Waals surface area contributed by atoms with Crippen LogP contribution in [0.1, 0.15) is 71.9 Å². The Morgan fingerprint density at radius 3 is 2.70 bits per heavy atom. The molecule has 2 aliphatic carbocycles. The van der Waals surface area contributed by atoms with Crippen molar-refractivity contribution in [1.82, 2.24) is 14.7 Å². The third kappa shape index (κ3) is 5.32. The quantitative estimate of drug-likeness (QED) is 0.464. The summed E-state index contributed by atoms with van der Waals surface area (Å²) in [5.74, 6) is 1.45. The van der Waals surface area contributed by atoms with Crippen LogP contribution < -0.4 is 4.74 Å². The number of hydrogen-bond acceptors (Lipinski definition) is 5. The molecule has 33 heavy (non-hydrogen) atoms. The second-order valence-electron chi connectivity index (χ2n) is 10.7. The van der Waals surface area contributed by atoms with Gasteiger partial charge in [0.1, 0.15) is 17.5 Å². The zero-order chi connectivity index (χ0) is 23.2. The van der Waals surface area contributed by atoms with Gasteiger partial charge in [-0.3, -0.25) is 0 Å². The largest absolute Gasteiger partial charge is 0.489 e. The third-order valence-electron chi connectivity index (χ3n) is 6.66. The first-order valence-electron chi connectivity index (χ1n) is 12.2. The zero-order valence-electron chi connectivity index (χ0n) is 19.8. The Kier molecular flexibility index (Phi) is 6.33. The molecule has 8 heteroatoms. The first-order chi connectivity index (χ1) is 15.8. The van der Waals surface area contributed by atoms with Crippen LogP contribution in [0.2, 0.25) is 0 Å². The number of halogens is 1. The number of aromatic nitrogens is 2. The minimum absolute atomic E-state index is 0.0173. The normalized spacial score (nSPS) is 25.5. The number of carbonyl (C=O) groups excluding carboxylic acids is 1. The van der Waals surface area contributed by atoms with Crippen molar-refractivity contribution < 1.29 is 19.0 Å². The lowest BCUT2D eigenvalue weighted by molar-refractivity contribution is -0.0366. The predicted octanol–water partition coefficient (Wildman–Crippen LogP) is 6.05. The molecule has 1 unspecified atom stereocenters. The summed E-state index contributed by atoms with van der Waals surface area (Å²) in [6.07, 6.45) is 9.03. The molecule has 1 aromatic carbocycles. The molecular formula is C25H34BrN3O4. The van der Waals surface area contributed by atoms with Gasteiger partial charge in [0.15, 0.2) is 6.23 Å². The molecule has 2 saturated carbocycles. The van der Waals surface area contributed by atoms with E-state index in [9.17, 15) is 4.79 Å². The van der Waals surface area contributed by atoms with E-state index >= 15 is 0 Å². The van der Waals surface area contributed by atoms with Crippen molar-refractivity contribution in [2.24, 2.45) is 5.92 Å². The molecule has 7 nitrogen and oxygen atoms in total. The predicted molar refractivity (Wildman–Crippen MR) is 129 cm³/mol. The first kappa shape index (κ1) is 23.0. The highest BCUT2D eigenvalue weighted by Gasteiger charge is 2.41. The van der Waals surface area contributed by atoms with Crippen LogP contribution in [0.3, 0.4) is 0 Å². The lowest BCUT2D eigenvalue weighted by atomic mass is 9.87. The van der Waals surface area contributed by atoms with Crippen molar-refractivity contribution >= 4 is 32.9 Å². The van der Waals surface area contributed by atoms with E-state index in [1.165, 1.54) is 12.8 Å². The number of ether oxygens (including phenoxy) is 3. The van der Waals surface area contributed by atoms with Crippen molar-refractivity contribution in [2.45, 2.75) is 89.7 Å². The van der Waals surface area contributed by atoms with Gasteiger partial charge in [-0.1, -0.05) is 15.9 Å². The highest BCUT2D eigenvalue weighted by atomic mass is 79.9. The van der Waals surface area contributed by atoms with Crippen LogP contribution in [0.25, 0.3) is 10.9 Å². The summed E-state index contributed by atoms with van der Waals surface area (Å²) in [5.41, 5.74) is 0.536. The molecule has 5 rings (SSSR count). The van der Waals surface area contributed by atoms with Gasteiger partial charge in [0.2, 0.25) is 0 Å². The highest BCUT2D eigenvalue weighted by Crippen LogP contribution is 2.39. The molecular weight excluding hydrogens is 486 g/mol. The summed E-state index contributed by atoms with van der Waals surface area (Å²) < 4.78 is 21.0. The fraction of sp³-hybridized carbons (Fsp3) is 0.680. The summed E-state index contributed by atoms with van der Waals surface area (Å²) in [5, 5.41) is 5.63. The van der Waals surface area contributed by atoms with E-state index in [-0.39, 0.29) is 24.5 Å². The van der Waals surface area contributed by atoms with E-state index < -0.39 is 5.60 Å². The molecule has 180 valence electrons. The van der Waals surface area contributed by atoms with Crippen LogP contribution in [0.4, 0.5) is 4.79 Å². The molecule has 1 aromatic heterocycles. The molecule has 3 fully saturated rings. The Labute approximate surface area is 203 Å². The van der Waals surface area contributed by atoms with E-state index in [4.69, 9.17) is 14.2 Å². The number of carbonyl (C=O) groups is 1. The summed E-state index contributed by atoms with van der Waals surface area (Å²) >= 11 is 3.64. The van der Waals surface area contributed by atoms with Crippen LogP contribution in [-0.4, -0.2) is 51.7 Å². The molecule has 1 saturated heterocycles. The van der Waals surface area contributed by atoms with Gasteiger partial charge < -0.3 is 19.1 Å². The average molecular weight is 520 g/mol. The van der Waals surface area contributed by atoms with Crippen molar-refractivity contribution in [3.05, 3.63) is 22.8 Å². The lowest BCUT2D eigenvalue weighted by Crippen LogP contribution is -2.53. The monoisotopic (exact) mass is 519 g/mol. The smallest absolute Gasteiger partial charge is 0.410 e. The topological polar surface area (TPSA) is 65.8 Å². The van der Waals surface area contributed by atoms with Gasteiger partial charge >= 0.3 is 6.09 Å². The number of hydrogen-bond donors (Lipinski definition) is 0. The maximum absolute atomic E-state index is 12.8. The third-order valence-corrected chi connectivity index (χ3v) is 7.11. The Hall–Kier alpha value is -1.80. The minimum atomic E-state index is -0.483. The van der Waals surface area contributed by atoms with Crippen molar-refractivity contribution in [3.8, 4) is 5.75 Å². The van der Waals surface area contributed by atoms with E-state index in [0.717, 1.165) is 66.4 Å². The van der Waals surface area contributed by atoms with E-state index in [0.29, 0.717) is 5.92 Å². The molecule has 0 radical (unpaired) electrons. The summed E-state index contributed by atoms with van der Waals surface area (Å²) in [6, 6.07) is 4.27. The van der Waals surface area contributed by atoms with Gasteiger partial charge in [-0.15, -0.1) is 0 Å². The fourth-order valence-corrected chi connectivity index (χ4v) is 5.09. The van der Waals surface area contributed by atoms with Crippen LogP contribution in [0, 0.1) is 5.92 Å². The second kappa shape index (κ2) is 9.10. The van der Waals surface area contributed by atoms with E-state index in [1.54, 1.807) is 0 Å². The van der Waals surface area contributed by atoms with E-state index in [2.05, 4.69) is 27.1 Å². The standard InChI is InChI=1S/C25H34BrN3O4/c1-25(2,3)33-24(30)28(15-16-7-8-16)18-12-19(13-18)32-22-11-17(26)10-21-20(22)14-27-29(21)23-6-4-5-9-31-23/h10-11,14,16,18-19,23H,4-9,12-13,15H2,1-3H3/t18-,19-,23?. The maximum atomic E-state index is 12.8. The second-order valence-corrected chi connectivity index (χ2v) is 11.6. The molecule has 0 bridgehead atoms. The minimum Gasteiger partial charge on any atom is -0.489 e. The molecule has 0 spiro atoms. The Bertz CT molecular complexity index is 1000. The van der Waals surface area contributed by atoms with Crippen molar-refractivity contribution in [1.29, 1.82) is 0 Å². The Morgan fingerprint density at radius 1 is 1.24 bits per heavy atom. The van der Waals surface area contributed by atoms with Gasteiger partial charge in [-0.05, 0) is 70.9 Å². The number of fused-ring (bicyclic) bond motifs is 1. The molecule has 2 aromatic rings. The van der Waals surface area contributed by atoms with Gasteiger partial charge in [0.25, 0.3) is 0 Å². The summed E-state index contributed by atoms with van der Waals surface area (Å²) in [7, 11) is 0. The number of rotatable bonds is 6. The summed E-state index contributed by atoms with van der Waals surface area (Å²) in [4.78, 5) is 14.8. The van der Waals surface area contributed by atoms with Gasteiger partial charge in [-0.25, -0.2) is 9.48 Å². The van der Waals surface area contributed by atoms with Crippen LogP contribution >= 0.6 is 15.9 Å². The van der Waals surface area contributed by atoms with Gasteiger partial charge in [0.05, 0.1) is 17.1 Å². The Balaban J connectivity index is 1.27. The molecule has 2 heterocycles. The number of benzene rings is 1. The SMILES string of the molecule is CC(C)(C)OC(=O)N(CC1CC1)[C@H]1C[C@H](Oc2cc(Br)cc3c2cnn3C2CCCCO2)C1. The molecule has 1 atom stereocenters. The van der Waals surface area contributed by atoms with Gasteiger partial charge in [0, 0.05) is 36.5 Å².